The third kappa shape index (κ3) is 5.82. The number of unbranched alkanes of at least 4 members (excludes halogenated alkanes) is 1. The Morgan fingerprint density at radius 2 is 1.69 bits per heavy atom. The molecule has 0 aliphatic rings. The average molecular weight is 380 g/mol. The van der Waals surface area contributed by atoms with Gasteiger partial charge in [0.2, 0.25) is 0 Å². The largest absolute Gasteiger partial charge is 0.385 e. The molecule has 8 heteroatoms. The number of hydrogen-bond acceptors (Lipinski definition) is 4. The first-order valence-electron chi connectivity index (χ1n) is 8.08. The summed E-state index contributed by atoms with van der Waals surface area (Å²) >= 11 is 0. The molecule has 0 heterocycles. The molecule has 6 nitrogen and oxygen atoms in total. The predicted molar refractivity (Wildman–Crippen MR) is 97.1 cm³/mol. The Kier molecular flexibility index (Phi) is 7.11. The van der Waals surface area contributed by atoms with Gasteiger partial charge in [0, 0.05) is 31.5 Å². The summed E-state index contributed by atoms with van der Waals surface area (Å²) < 4.78 is 44.7. The van der Waals surface area contributed by atoms with Crippen molar-refractivity contribution in [2.45, 2.75) is 17.7 Å². The number of methoxy groups -OCH3 is 1. The summed E-state index contributed by atoms with van der Waals surface area (Å²) in [5, 5.41) is 2.79. The highest BCUT2D eigenvalue weighted by Gasteiger charge is 2.14. The molecule has 0 spiro atoms. The molecule has 0 aromatic heterocycles. The molecule has 0 fully saturated rings. The van der Waals surface area contributed by atoms with Gasteiger partial charge in [0.15, 0.2) is 0 Å². The van der Waals surface area contributed by atoms with E-state index in [-0.39, 0.29) is 10.8 Å². The van der Waals surface area contributed by atoms with Gasteiger partial charge in [0.1, 0.15) is 5.82 Å². The summed E-state index contributed by atoms with van der Waals surface area (Å²) in [6.07, 6.45) is 1.68. The molecule has 0 aliphatic carbocycles. The molecule has 0 saturated carbocycles. The number of sulfonamides is 1. The Morgan fingerprint density at radius 1 is 1.04 bits per heavy atom. The second-order valence-corrected chi connectivity index (χ2v) is 7.27. The van der Waals surface area contributed by atoms with Crippen molar-refractivity contribution in [3.8, 4) is 0 Å². The first-order chi connectivity index (χ1) is 12.4. The van der Waals surface area contributed by atoms with E-state index >= 15 is 0 Å². The van der Waals surface area contributed by atoms with E-state index in [0.29, 0.717) is 24.4 Å². The van der Waals surface area contributed by atoms with E-state index < -0.39 is 15.8 Å². The molecule has 2 rings (SSSR count). The Labute approximate surface area is 152 Å². The second kappa shape index (κ2) is 9.30. The molecule has 2 N–H and O–H groups in total. The van der Waals surface area contributed by atoms with Crippen molar-refractivity contribution < 1.29 is 22.3 Å². The van der Waals surface area contributed by atoms with Crippen molar-refractivity contribution in [2.24, 2.45) is 0 Å². The number of rotatable bonds is 9. The van der Waals surface area contributed by atoms with Crippen LogP contribution >= 0.6 is 0 Å². The van der Waals surface area contributed by atoms with Gasteiger partial charge in [-0.05, 0) is 61.4 Å². The van der Waals surface area contributed by atoms with Crippen LogP contribution in [0.15, 0.2) is 53.4 Å². The van der Waals surface area contributed by atoms with E-state index in [0.717, 1.165) is 25.0 Å². The highest BCUT2D eigenvalue weighted by molar-refractivity contribution is 7.92. The second-order valence-electron chi connectivity index (χ2n) is 5.59. The minimum absolute atomic E-state index is 0.0446. The molecule has 0 atom stereocenters. The number of benzene rings is 2. The van der Waals surface area contributed by atoms with Gasteiger partial charge in [-0.2, -0.15) is 0 Å². The molecule has 2 aromatic rings. The first kappa shape index (κ1) is 19.9. The standard InChI is InChI=1S/C18H21FN2O4S/c1-25-13-3-2-12-20-18(22)14-4-8-16(9-5-14)21-26(23,24)17-10-6-15(19)7-11-17/h4-11,21H,2-3,12-13H2,1H3,(H,20,22). The number of ether oxygens (including phenoxy) is 1. The molecule has 0 bridgehead atoms. The van der Waals surface area contributed by atoms with E-state index in [4.69, 9.17) is 4.74 Å². The summed E-state index contributed by atoms with van der Waals surface area (Å²) in [5.41, 5.74) is 0.743. The highest BCUT2D eigenvalue weighted by Crippen LogP contribution is 2.17. The zero-order valence-electron chi connectivity index (χ0n) is 14.4. The quantitative estimate of drug-likeness (QED) is 0.655. The van der Waals surface area contributed by atoms with Crippen LogP contribution in [0.4, 0.5) is 10.1 Å². The summed E-state index contributed by atoms with van der Waals surface area (Å²) in [6.45, 7) is 1.19. The Bertz CT molecular complexity index is 821. The Hall–Kier alpha value is -2.45. The van der Waals surface area contributed by atoms with E-state index in [1.807, 2.05) is 0 Å². The maximum Gasteiger partial charge on any atom is 0.261 e. The maximum atomic E-state index is 12.9. The number of anilines is 1. The Balaban J connectivity index is 1.94. The lowest BCUT2D eigenvalue weighted by molar-refractivity contribution is 0.0951. The van der Waals surface area contributed by atoms with E-state index in [1.54, 1.807) is 7.11 Å². The van der Waals surface area contributed by atoms with Gasteiger partial charge in [-0.1, -0.05) is 0 Å². The van der Waals surface area contributed by atoms with Crippen LogP contribution in [0.2, 0.25) is 0 Å². The van der Waals surface area contributed by atoms with Crippen LogP contribution in [0, 0.1) is 5.82 Å². The van der Waals surface area contributed by atoms with Gasteiger partial charge in [0.25, 0.3) is 15.9 Å². The number of halogens is 1. The van der Waals surface area contributed by atoms with Crippen LogP contribution in [0.3, 0.4) is 0 Å². The van der Waals surface area contributed by atoms with Crippen LogP contribution in [0.25, 0.3) is 0 Å². The van der Waals surface area contributed by atoms with Crippen molar-refractivity contribution in [3.05, 3.63) is 59.9 Å². The van der Waals surface area contributed by atoms with Gasteiger partial charge in [0.05, 0.1) is 4.90 Å². The fourth-order valence-electron chi connectivity index (χ4n) is 2.19. The molecule has 2 aromatic carbocycles. The number of carbonyl (C=O) groups is 1. The van der Waals surface area contributed by atoms with Crippen LogP contribution < -0.4 is 10.0 Å². The number of carbonyl (C=O) groups excluding carboxylic acids is 1. The molecule has 140 valence electrons. The van der Waals surface area contributed by atoms with Crippen LogP contribution in [-0.2, 0) is 14.8 Å². The van der Waals surface area contributed by atoms with Crippen LogP contribution in [-0.4, -0.2) is 34.6 Å². The highest BCUT2D eigenvalue weighted by atomic mass is 32.2. The number of amides is 1. The monoisotopic (exact) mass is 380 g/mol. The molecular formula is C18H21FN2O4S. The molecule has 0 unspecified atom stereocenters. The smallest absolute Gasteiger partial charge is 0.261 e. The molecule has 0 radical (unpaired) electrons. The third-order valence-electron chi connectivity index (χ3n) is 3.58. The summed E-state index contributed by atoms with van der Waals surface area (Å²) in [5.74, 6) is -0.739. The van der Waals surface area contributed by atoms with Crippen molar-refractivity contribution in [3.63, 3.8) is 0 Å². The van der Waals surface area contributed by atoms with Crippen molar-refractivity contribution in [1.82, 2.24) is 5.32 Å². The van der Waals surface area contributed by atoms with Gasteiger partial charge in [-0.15, -0.1) is 0 Å². The third-order valence-corrected chi connectivity index (χ3v) is 4.98. The van der Waals surface area contributed by atoms with Gasteiger partial charge in [-0.3, -0.25) is 9.52 Å². The zero-order chi connectivity index (χ0) is 19.0. The lowest BCUT2D eigenvalue weighted by Gasteiger charge is -2.09. The topological polar surface area (TPSA) is 84.5 Å². The number of hydrogen-bond donors (Lipinski definition) is 2. The predicted octanol–water partition coefficient (Wildman–Crippen LogP) is 2.78. The zero-order valence-corrected chi connectivity index (χ0v) is 15.2. The van der Waals surface area contributed by atoms with E-state index in [1.165, 1.54) is 36.4 Å². The average Bonchev–Trinajstić information content (AvgIpc) is 2.62. The molecular weight excluding hydrogens is 359 g/mol. The maximum absolute atomic E-state index is 12.9. The lowest BCUT2D eigenvalue weighted by atomic mass is 10.2. The van der Waals surface area contributed by atoms with Crippen LogP contribution in [0.1, 0.15) is 23.2 Å². The number of nitrogens with one attached hydrogen (secondary N) is 2. The summed E-state index contributed by atoms with van der Waals surface area (Å²) in [6, 6.07) is 10.6. The summed E-state index contributed by atoms with van der Waals surface area (Å²) in [7, 11) is -2.19. The molecule has 1 amide bonds. The Morgan fingerprint density at radius 3 is 2.31 bits per heavy atom. The van der Waals surface area contributed by atoms with E-state index in [9.17, 15) is 17.6 Å². The minimum Gasteiger partial charge on any atom is -0.385 e. The lowest BCUT2D eigenvalue weighted by Crippen LogP contribution is -2.24. The van der Waals surface area contributed by atoms with Crippen molar-refractivity contribution >= 4 is 21.6 Å². The van der Waals surface area contributed by atoms with Gasteiger partial charge in [-0.25, -0.2) is 12.8 Å². The first-order valence-corrected chi connectivity index (χ1v) is 9.56. The molecule has 0 aliphatic heterocycles. The van der Waals surface area contributed by atoms with Gasteiger partial charge < -0.3 is 10.1 Å². The van der Waals surface area contributed by atoms with Crippen LogP contribution in [0.5, 0.6) is 0 Å². The minimum atomic E-state index is -3.82. The van der Waals surface area contributed by atoms with Crippen molar-refractivity contribution in [1.29, 1.82) is 0 Å². The van der Waals surface area contributed by atoms with Crippen molar-refractivity contribution in [2.75, 3.05) is 25.0 Å². The fourth-order valence-corrected chi connectivity index (χ4v) is 3.25. The van der Waals surface area contributed by atoms with Gasteiger partial charge >= 0.3 is 0 Å². The molecule has 26 heavy (non-hydrogen) atoms. The summed E-state index contributed by atoms with van der Waals surface area (Å²) in [4.78, 5) is 12.0. The molecule has 0 saturated heterocycles. The fraction of sp³-hybridized carbons (Fsp3) is 0.278. The van der Waals surface area contributed by atoms with E-state index in [2.05, 4.69) is 10.0 Å². The SMILES string of the molecule is COCCCCNC(=O)c1ccc(NS(=O)(=O)c2ccc(F)cc2)cc1. The normalized spacial score (nSPS) is 11.2.